The Kier molecular flexibility index (Phi) is 4.48. The molecular weight excluding hydrogens is 271 g/mol. The van der Waals surface area contributed by atoms with Gasteiger partial charge in [0.15, 0.2) is 5.69 Å². The van der Waals surface area contributed by atoms with Crippen LogP contribution in [0, 0.1) is 0 Å². The lowest BCUT2D eigenvalue weighted by Crippen LogP contribution is -2.44. The molecule has 1 aromatic heterocycles. The van der Waals surface area contributed by atoms with Crippen LogP contribution in [0.5, 0.6) is 0 Å². The molecule has 10 heteroatoms. The molecule has 0 spiro atoms. The van der Waals surface area contributed by atoms with Gasteiger partial charge >= 0.3 is 12.1 Å². The zero-order valence-corrected chi connectivity index (χ0v) is 9.39. The average Bonchev–Trinajstić information content (AvgIpc) is 2.73. The summed E-state index contributed by atoms with van der Waals surface area (Å²) in [6.45, 7) is -1.41. The maximum absolute atomic E-state index is 12.2. The third-order valence-electron chi connectivity index (χ3n) is 2.05. The van der Waals surface area contributed by atoms with Gasteiger partial charge in [0.25, 0.3) is 0 Å². The predicted molar refractivity (Wildman–Crippen MR) is 53.9 cm³/mol. The molecule has 1 heterocycles. The monoisotopic (exact) mass is 281 g/mol. The number of aliphatic hydroxyl groups is 1. The van der Waals surface area contributed by atoms with Gasteiger partial charge in [-0.25, -0.2) is 4.79 Å². The SMILES string of the molecule is O=C(Cn1ccc(C(F)(F)F)n1)N[C@H](CO)C(=O)O. The number of nitrogens with zero attached hydrogens (tertiary/aromatic N) is 2. The Labute approximate surface area is 104 Å². The van der Waals surface area contributed by atoms with E-state index in [1.807, 2.05) is 5.32 Å². The number of rotatable bonds is 5. The van der Waals surface area contributed by atoms with Gasteiger partial charge in [0, 0.05) is 6.20 Å². The van der Waals surface area contributed by atoms with E-state index in [0.29, 0.717) is 10.7 Å². The van der Waals surface area contributed by atoms with Crippen LogP contribution in [-0.4, -0.2) is 44.5 Å². The van der Waals surface area contributed by atoms with Gasteiger partial charge in [-0.05, 0) is 6.07 Å². The fourth-order valence-electron chi connectivity index (χ4n) is 1.17. The lowest BCUT2D eigenvalue weighted by Gasteiger charge is -2.11. The number of carboxylic acids is 1. The smallest absolute Gasteiger partial charge is 0.435 e. The van der Waals surface area contributed by atoms with E-state index in [0.717, 1.165) is 6.20 Å². The fourth-order valence-corrected chi connectivity index (χ4v) is 1.17. The van der Waals surface area contributed by atoms with Crippen LogP contribution in [0.3, 0.4) is 0 Å². The van der Waals surface area contributed by atoms with Gasteiger partial charge in [-0.2, -0.15) is 18.3 Å². The van der Waals surface area contributed by atoms with Crippen LogP contribution in [0.1, 0.15) is 5.69 Å². The molecular formula is C9H10F3N3O4. The Hall–Kier alpha value is -2.10. The zero-order chi connectivity index (χ0) is 14.6. The number of carbonyl (C=O) groups is 2. The van der Waals surface area contributed by atoms with Gasteiger partial charge in [0.2, 0.25) is 5.91 Å². The third kappa shape index (κ3) is 4.25. The first kappa shape index (κ1) is 15.0. The summed E-state index contributed by atoms with van der Waals surface area (Å²) in [4.78, 5) is 21.8. The van der Waals surface area contributed by atoms with Gasteiger partial charge in [-0.3, -0.25) is 9.48 Å². The highest BCUT2D eigenvalue weighted by Crippen LogP contribution is 2.27. The highest BCUT2D eigenvalue weighted by molar-refractivity contribution is 5.83. The van der Waals surface area contributed by atoms with Crippen LogP contribution in [0.4, 0.5) is 13.2 Å². The third-order valence-corrected chi connectivity index (χ3v) is 2.05. The summed E-state index contributed by atoms with van der Waals surface area (Å²) in [5.41, 5.74) is -1.16. The van der Waals surface area contributed by atoms with Crippen LogP contribution in [0.2, 0.25) is 0 Å². The molecule has 0 aliphatic heterocycles. The number of aliphatic hydroxyl groups excluding tert-OH is 1. The molecule has 0 fully saturated rings. The molecule has 0 saturated carbocycles. The number of aliphatic carboxylic acids is 1. The van der Waals surface area contributed by atoms with Gasteiger partial charge in [0.05, 0.1) is 6.61 Å². The molecule has 1 rings (SSSR count). The van der Waals surface area contributed by atoms with E-state index in [9.17, 15) is 22.8 Å². The molecule has 106 valence electrons. The van der Waals surface area contributed by atoms with Crippen LogP contribution in [0.25, 0.3) is 0 Å². The maximum atomic E-state index is 12.2. The molecule has 0 unspecified atom stereocenters. The Bertz CT molecular complexity index is 472. The van der Waals surface area contributed by atoms with E-state index >= 15 is 0 Å². The molecule has 7 nitrogen and oxygen atoms in total. The Morgan fingerprint density at radius 1 is 1.47 bits per heavy atom. The Morgan fingerprint density at radius 2 is 2.11 bits per heavy atom. The van der Waals surface area contributed by atoms with Crippen molar-refractivity contribution in [2.24, 2.45) is 0 Å². The van der Waals surface area contributed by atoms with Crippen molar-refractivity contribution in [1.82, 2.24) is 15.1 Å². The van der Waals surface area contributed by atoms with Crippen molar-refractivity contribution >= 4 is 11.9 Å². The number of aromatic nitrogens is 2. The molecule has 0 bridgehead atoms. The topological polar surface area (TPSA) is 104 Å². The maximum Gasteiger partial charge on any atom is 0.435 e. The van der Waals surface area contributed by atoms with E-state index in [1.165, 1.54) is 0 Å². The number of hydrogen-bond acceptors (Lipinski definition) is 4. The minimum absolute atomic E-state index is 0.583. The molecule has 0 saturated heterocycles. The van der Waals surface area contributed by atoms with Gasteiger partial charge in [-0.1, -0.05) is 0 Å². The number of carboxylic acid groups (broad SMARTS) is 1. The van der Waals surface area contributed by atoms with Crippen LogP contribution < -0.4 is 5.32 Å². The standard InChI is InChI=1S/C9H10F3N3O4/c10-9(11,12)6-1-2-15(14-6)3-7(17)13-5(4-16)8(18)19/h1-2,5,16H,3-4H2,(H,13,17)(H,18,19)/t5-/m1/s1. The van der Waals surface area contributed by atoms with Crippen molar-refractivity contribution in [3.63, 3.8) is 0 Å². The van der Waals surface area contributed by atoms with E-state index in [-0.39, 0.29) is 0 Å². The second-order valence-corrected chi connectivity index (χ2v) is 3.54. The lowest BCUT2D eigenvalue weighted by atomic mass is 10.3. The van der Waals surface area contributed by atoms with Gasteiger partial charge in [-0.15, -0.1) is 0 Å². The summed E-state index contributed by atoms with van der Waals surface area (Å²) in [5, 5.41) is 22.3. The second-order valence-electron chi connectivity index (χ2n) is 3.54. The highest BCUT2D eigenvalue weighted by atomic mass is 19.4. The van der Waals surface area contributed by atoms with Crippen LogP contribution in [-0.2, 0) is 22.3 Å². The number of hydrogen-bond donors (Lipinski definition) is 3. The highest BCUT2D eigenvalue weighted by Gasteiger charge is 2.33. The molecule has 0 aromatic carbocycles. The molecule has 0 aliphatic rings. The molecule has 1 amide bonds. The average molecular weight is 281 g/mol. The van der Waals surface area contributed by atoms with Crippen molar-refractivity contribution in [1.29, 1.82) is 0 Å². The second kappa shape index (κ2) is 5.69. The van der Waals surface area contributed by atoms with Crippen molar-refractivity contribution < 1.29 is 33.0 Å². The summed E-state index contributed by atoms with van der Waals surface area (Å²) in [5.74, 6) is -2.33. The van der Waals surface area contributed by atoms with Crippen molar-refractivity contribution in [3.8, 4) is 0 Å². The number of nitrogens with one attached hydrogen (secondary N) is 1. The molecule has 0 radical (unpaired) electrons. The largest absolute Gasteiger partial charge is 0.480 e. The summed E-state index contributed by atoms with van der Waals surface area (Å²) in [6, 6.07) is -0.821. The summed E-state index contributed by atoms with van der Waals surface area (Å²) < 4.78 is 37.4. The molecule has 1 aromatic rings. The van der Waals surface area contributed by atoms with E-state index in [4.69, 9.17) is 10.2 Å². The van der Waals surface area contributed by atoms with Crippen molar-refractivity contribution in [2.45, 2.75) is 18.8 Å². The number of carbonyl (C=O) groups excluding carboxylic acids is 1. The van der Waals surface area contributed by atoms with E-state index in [1.54, 1.807) is 0 Å². The first-order chi connectivity index (χ1) is 8.74. The minimum Gasteiger partial charge on any atom is -0.480 e. The minimum atomic E-state index is -4.61. The van der Waals surface area contributed by atoms with Crippen LogP contribution in [0.15, 0.2) is 12.3 Å². The zero-order valence-electron chi connectivity index (χ0n) is 9.39. The first-order valence-corrected chi connectivity index (χ1v) is 4.97. The molecule has 3 N–H and O–H groups in total. The van der Waals surface area contributed by atoms with E-state index in [2.05, 4.69) is 5.10 Å². The molecule has 19 heavy (non-hydrogen) atoms. The summed E-state index contributed by atoms with van der Waals surface area (Å²) >= 11 is 0. The normalized spacial score (nSPS) is 13.1. The fraction of sp³-hybridized carbons (Fsp3) is 0.444. The van der Waals surface area contributed by atoms with Crippen molar-refractivity contribution in [3.05, 3.63) is 18.0 Å². The van der Waals surface area contributed by atoms with Gasteiger partial charge < -0.3 is 15.5 Å². The number of amides is 1. The number of alkyl halides is 3. The summed E-state index contributed by atoms with van der Waals surface area (Å²) in [7, 11) is 0. The predicted octanol–water partition coefficient (Wildman–Crippen LogP) is -0.536. The van der Waals surface area contributed by atoms with Crippen molar-refractivity contribution in [2.75, 3.05) is 6.61 Å². The molecule has 0 aliphatic carbocycles. The quantitative estimate of drug-likeness (QED) is 0.672. The lowest BCUT2D eigenvalue weighted by molar-refractivity contribution is -0.143. The van der Waals surface area contributed by atoms with Crippen LogP contribution >= 0.6 is 0 Å². The summed E-state index contributed by atoms with van der Waals surface area (Å²) in [6.07, 6.45) is -3.67. The Balaban J connectivity index is 2.62. The van der Waals surface area contributed by atoms with Gasteiger partial charge in [0.1, 0.15) is 12.6 Å². The first-order valence-electron chi connectivity index (χ1n) is 4.97. The number of halogens is 3. The Morgan fingerprint density at radius 3 is 2.53 bits per heavy atom. The molecule has 1 atom stereocenters. The van der Waals surface area contributed by atoms with E-state index < -0.39 is 42.9 Å².